The van der Waals surface area contributed by atoms with Crippen LogP contribution in [0.5, 0.6) is 5.75 Å². The van der Waals surface area contributed by atoms with Crippen LogP contribution >= 0.6 is 12.2 Å². The molecule has 5 heteroatoms. The van der Waals surface area contributed by atoms with Crippen LogP contribution < -0.4 is 4.74 Å². The number of H-pyrrole nitrogens is 1. The van der Waals surface area contributed by atoms with E-state index in [0.717, 1.165) is 18.1 Å². The summed E-state index contributed by atoms with van der Waals surface area (Å²) in [6, 6.07) is 7.98. The molecule has 0 spiro atoms. The average molecular weight is 263 g/mol. The minimum absolute atomic E-state index is 0.139. The summed E-state index contributed by atoms with van der Waals surface area (Å²) in [5, 5.41) is 7.03. The lowest BCUT2D eigenvalue weighted by Gasteiger charge is -2.15. The van der Waals surface area contributed by atoms with Gasteiger partial charge in [-0.1, -0.05) is 12.1 Å². The van der Waals surface area contributed by atoms with E-state index in [1.54, 1.807) is 0 Å². The number of nitrogens with zero attached hydrogens (tertiary/aromatic N) is 2. The fourth-order valence-corrected chi connectivity index (χ4v) is 2.16. The number of hydrogen-bond donors (Lipinski definition) is 1. The lowest BCUT2D eigenvalue weighted by Crippen LogP contribution is -2.11. The minimum Gasteiger partial charge on any atom is -0.483 e. The second kappa shape index (κ2) is 5.35. The van der Waals surface area contributed by atoms with Crippen LogP contribution in [0.25, 0.3) is 0 Å². The monoisotopic (exact) mass is 263 g/mol. The molecule has 1 N–H and O–H groups in total. The fourth-order valence-electron chi connectivity index (χ4n) is 1.89. The maximum Gasteiger partial charge on any atom is 0.195 e. The molecule has 4 nitrogen and oxygen atoms in total. The second-order valence-corrected chi connectivity index (χ2v) is 4.59. The van der Waals surface area contributed by atoms with E-state index >= 15 is 0 Å². The average Bonchev–Trinajstić information content (AvgIpc) is 2.70. The first-order valence-corrected chi connectivity index (χ1v) is 6.41. The molecular weight excluding hydrogens is 246 g/mol. The van der Waals surface area contributed by atoms with Crippen molar-refractivity contribution in [3.63, 3.8) is 0 Å². The lowest BCUT2D eigenvalue weighted by molar-refractivity contribution is 0.210. The summed E-state index contributed by atoms with van der Waals surface area (Å²) < 4.78 is 8.46. The molecule has 0 bridgehead atoms. The van der Waals surface area contributed by atoms with Gasteiger partial charge in [-0.2, -0.15) is 5.10 Å². The Labute approximate surface area is 112 Å². The van der Waals surface area contributed by atoms with Crippen LogP contribution in [0, 0.1) is 11.7 Å². The molecule has 18 heavy (non-hydrogen) atoms. The van der Waals surface area contributed by atoms with Gasteiger partial charge in [0.1, 0.15) is 5.75 Å². The van der Waals surface area contributed by atoms with Gasteiger partial charge in [0.05, 0.1) is 0 Å². The molecule has 2 rings (SSSR count). The number of ether oxygens (including phenoxy) is 1. The zero-order valence-corrected chi connectivity index (χ0v) is 11.6. The van der Waals surface area contributed by atoms with E-state index in [0.29, 0.717) is 4.77 Å². The van der Waals surface area contributed by atoms with Crippen LogP contribution in [-0.2, 0) is 6.54 Å². The van der Waals surface area contributed by atoms with E-state index in [2.05, 4.69) is 10.2 Å². The third-order valence-electron chi connectivity index (χ3n) is 2.77. The van der Waals surface area contributed by atoms with Gasteiger partial charge in [0.2, 0.25) is 0 Å². The lowest BCUT2D eigenvalue weighted by atomic mass is 10.2. The molecule has 96 valence electrons. The molecular formula is C13H17N3OS. The number of aromatic nitrogens is 3. The highest BCUT2D eigenvalue weighted by Crippen LogP contribution is 2.21. The highest BCUT2D eigenvalue weighted by molar-refractivity contribution is 7.71. The first kappa shape index (κ1) is 12.8. The molecule has 0 aliphatic heterocycles. The molecule has 0 fully saturated rings. The van der Waals surface area contributed by atoms with Gasteiger partial charge in [0.25, 0.3) is 0 Å². The molecule has 0 aliphatic rings. The highest BCUT2D eigenvalue weighted by atomic mass is 32.1. The summed E-state index contributed by atoms with van der Waals surface area (Å²) in [7, 11) is 0. The first-order valence-electron chi connectivity index (χ1n) is 6.00. The molecule has 0 unspecified atom stereocenters. The number of benzene rings is 1. The number of aromatic amines is 1. The van der Waals surface area contributed by atoms with Crippen LogP contribution in [-0.4, -0.2) is 14.8 Å². The first-order chi connectivity index (χ1) is 8.61. The van der Waals surface area contributed by atoms with Crippen molar-refractivity contribution < 1.29 is 4.74 Å². The molecule has 1 aromatic heterocycles. The Morgan fingerprint density at radius 2 is 2.28 bits per heavy atom. The summed E-state index contributed by atoms with van der Waals surface area (Å²) >= 11 is 5.17. The van der Waals surface area contributed by atoms with Crippen molar-refractivity contribution in [3.8, 4) is 5.75 Å². The van der Waals surface area contributed by atoms with Gasteiger partial charge in [-0.25, -0.2) is 0 Å². The standard InChI is InChI=1S/C13H17N3OS/c1-4-16-12(14-15-13(16)18)10(3)17-11-7-5-6-9(2)8-11/h5-8,10H,4H2,1-3H3,(H,15,18)/t10-/m1/s1. The Hall–Kier alpha value is -1.62. The number of hydrogen-bond acceptors (Lipinski definition) is 3. The van der Waals surface area contributed by atoms with Crippen LogP contribution in [0.2, 0.25) is 0 Å². The van der Waals surface area contributed by atoms with Gasteiger partial charge in [-0.15, -0.1) is 0 Å². The summed E-state index contributed by atoms with van der Waals surface area (Å²) in [5.41, 5.74) is 1.18. The summed E-state index contributed by atoms with van der Waals surface area (Å²) in [6.07, 6.45) is -0.139. The van der Waals surface area contributed by atoms with Gasteiger partial charge in [0, 0.05) is 6.54 Å². The van der Waals surface area contributed by atoms with Crippen LogP contribution in [0.1, 0.15) is 31.3 Å². The minimum atomic E-state index is -0.139. The van der Waals surface area contributed by atoms with Gasteiger partial charge in [0.15, 0.2) is 16.7 Å². The largest absolute Gasteiger partial charge is 0.483 e. The fraction of sp³-hybridized carbons (Fsp3) is 0.385. The Bertz CT molecular complexity index is 588. The van der Waals surface area contributed by atoms with Crippen molar-refractivity contribution in [2.75, 3.05) is 0 Å². The van der Waals surface area contributed by atoms with Gasteiger partial charge in [-0.3, -0.25) is 5.10 Å². The molecule has 1 aromatic carbocycles. The SMILES string of the molecule is CCn1c([C@@H](C)Oc2cccc(C)c2)n[nH]c1=S. The van der Waals surface area contributed by atoms with Crippen molar-refractivity contribution in [1.82, 2.24) is 14.8 Å². The van der Waals surface area contributed by atoms with E-state index in [1.807, 2.05) is 49.6 Å². The van der Waals surface area contributed by atoms with Crippen molar-refractivity contribution in [1.29, 1.82) is 0 Å². The number of nitrogens with one attached hydrogen (secondary N) is 1. The van der Waals surface area contributed by atoms with E-state index in [9.17, 15) is 0 Å². The van der Waals surface area contributed by atoms with Gasteiger partial charge in [-0.05, 0) is 50.7 Å². The number of rotatable bonds is 4. The van der Waals surface area contributed by atoms with E-state index in [4.69, 9.17) is 17.0 Å². The Morgan fingerprint density at radius 3 is 2.94 bits per heavy atom. The quantitative estimate of drug-likeness (QED) is 0.860. The van der Waals surface area contributed by atoms with Gasteiger partial charge < -0.3 is 9.30 Å². The summed E-state index contributed by atoms with van der Waals surface area (Å²) in [5.74, 6) is 1.67. The smallest absolute Gasteiger partial charge is 0.195 e. The predicted octanol–water partition coefficient (Wildman–Crippen LogP) is 3.41. The van der Waals surface area contributed by atoms with Crippen LogP contribution in [0.15, 0.2) is 24.3 Å². The molecule has 1 heterocycles. The van der Waals surface area contributed by atoms with Crippen molar-refractivity contribution >= 4 is 12.2 Å². The maximum atomic E-state index is 5.89. The van der Waals surface area contributed by atoms with Crippen molar-refractivity contribution in [2.45, 2.75) is 33.4 Å². The molecule has 0 aliphatic carbocycles. The second-order valence-electron chi connectivity index (χ2n) is 4.21. The summed E-state index contributed by atoms with van der Waals surface area (Å²) in [4.78, 5) is 0. The molecule has 2 aromatic rings. The highest BCUT2D eigenvalue weighted by Gasteiger charge is 2.14. The molecule has 0 amide bonds. The Balaban J connectivity index is 2.21. The topological polar surface area (TPSA) is 42.8 Å². The van der Waals surface area contributed by atoms with Crippen molar-refractivity contribution in [2.24, 2.45) is 0 Å². The summed E-state index contributed by atoms with van der Waals surface area (Å²) in [6.45, 7) is 6.83. The Kier molecular flexibility index (Phi) is 3.81. The molecule has 0 radical (unpaired) electrons. The molecule has 0 saturated carbocycles. The third kappa shape index (κ3) is 2.61. The van der Waals surface area contributed by atoms with E-state index < -0.39 is 0 Å². The van der Waals surface area contributed by atoms with E-state index in [-0.39, 0.29) is 6.10 Å². The van der Waals surface area contributed by atoms with Crippen LogP contribution in [0.4, 0.5) is 0 Å². The molecule has 0 saturated heterocycles. The van der Waals surface area contributed by atoms with Gasteiger partial charge >= 0.3 is 0 Å². The molecule has 1 atom stereocenters. The van der Waals surface area contributed by atoms with Crippen molar-refractivity contribution in [3.05, 3.63) is 40.4 Å². The zero-order valence-electron chi connectivity index (χ0n) is 10.8. The van der Waals surface area contributed by atoms with E-state index in [1.165, 1.54) is 5.56 Å². The number of aryl methyl sites for hydroxylation is 1. The Morgan fingerprint density at radius 1 is 1.50 bits per heavy atom. The zero-order chi connectivity index (χ0) is 13.1. The predicted molar refractivity (Wildman–Crippen MR) is 73.3 cm³/mol. The third-order valence-corrected chi connectivity index (χ3v) is 3.08. The van der Waals surface area contributed by atoms with Crippen LogP contribution in [0.3, 0.4) is 0 Å². The maximum absolute atomic E-state index is 5.89. The normalized spacial score (nSPS) is 12.4.